The zero-order valence-corrected chi connectivity index (χ0v) is 13.9. The number of fused-ring (bicyclic) bond motifs is 1. The van der Waals surface area contributed by atoms with Crippen molar-refractivity contribution in [2.45, 2.75) is 19.9 Å². The Balaban J connectivity index is 2.80. The molecule has 0 aliphatic heterocycles. The van der Waals surface area contributed by atoms with E-state index >= 15 is 0 Å². The SMILES string of the molecule is CNC(C)c1oc2c(Br)cc(OC)c(Br)c2c1C. The molecule has 1 heterocycles. The molecule has 1 atom stereocenters. The standard InChI is InChI=1S/C13H15Br2NO2/c1-6-10-11(15)9(17-4)5-8(14)13(10)18-12(6)7(2)16-3/h5,7,16H,1-4H3. The molecule has 0 saturated heterocycles. The largest absolute Gasteiger partial charge is 0.496 e. The molecule has 0 bridgehead atoms. The summed E-state index contributed by atoms with van der Waals surface area (Å²) in [5.74, 6) is 1.74. The van der Waals surface area contributed by atoms with Gasteiger partial charge in [-0.1, -0.05) is 0 Å². The summed E-state index contributed by atoms with van der Waals surface area (Å²) in [6, 6.07) is 2.07. The number of rotatable bonds is 3. The number of ether oxygens (including phenoxy) is 1. The smallest absolute Gasteiger partial charge is 0.150 e. The van der Waals surface area contributed by atoms with Crippen LogP contribution < -0.4 is 10.1 Å². The third-order valence-corrected chi connectivity index (χ3v) is 4.52. The number of benzene rings is 1. The van der Waals surface area contributed by atoms with E-state index < -0.39 is 0 Å². The molecule has 0 aliphatic carbocycles. The van der Waals surface area contributed by atoms with E-state index in [2.05, 4.69) is 51.0 Å². The predicted octanol–water partition coefficient (Wildman–Crippen LogP) is 4.56. The van der Waals surface area contributed by atoms with Gasteiger partial charge in [0.1, 0.15) is 17.1 Å². The van der Waals surface area contributed by atoms with Gasteiger partial charge in [-0.25, -0.2) is 0 Å². The third-order valence-electron chi connectivity index (χ3n) is 3.14. The lowest BCUT2D eigenvalue weighted by atomic mass is 10.1. The molecule has 3 nitrogen and oxygen atoms in total. The number of nitrogens with one attached hydrogen (secondary N) is 1. The molecular formula is C13H15Br2NO2. The van der Waals surface area contributed by atoms with Crippen LogP contribution in [0.15, 0.2) is 19.4 Å². The van der Waals surface area contributed by atoms with Crippen molar-refractivity contribution in [1.82, 2.24) is 5.32 Å². The van der Waals surface area contributed by atoms with E-state index in [1.54, 1.807) is 7.11 Å². The lowest BCUT2D eigenvalue weighted by molar-refractivity contribution is 0.412. The molecule has 0 radical (unpaired) electrons. The Hall–Kier alpha value is -0.520. The quantitative estimate of drug-likeness (QED) is 0.852. The highest BCUT2D eigenvalue weighted by molar-refractivity contribution is 9.11. The zero-order chi connectivity index (χ0) is 13.4. The average molecular weight is 377 g/mol. The van der Waals surface area contributed by atoms with E-state index in [4.69, 9.17) is 9.15 Å². The van der Waals surface area contributed by atoms with Crippen molar-refractivity contribution in [2.75, 3.05) is 14.2 Å². The van der Waals surface area contributed by atoms with Crippen molar-refractivity contribution >= 4 is 42.8 Å². The number of aryl methyl sites for hydroxylation is 1. The van der Waals surface area contributed by atoms with Gasteiger partial charge in [-0.2, -0.15) is 0 Å². The Kier molecular flexibility index (Phi) is 4.04. The van der Waals surface area contributed by atoms with Crippen LogP contribution in [0.3, 0.4) is 0 Å². The van der Waals surface area contributed by atoms with Gasteiger partial charge in [-0.15, -0.1) is 0 Å². The van der Waals surface area contributed by atoms with Crippen LogP contribution in [-0.2, 0) is 0 Å². The molecule has 2 aromatic rings. The molecule has 0 aliphatic rings. The molecule has 18 heavy (non-hydrogen) atoms. The summed E-state index contributed by atoms with van der Waals surface area (Å²) in [6.07, 6.45) is 0. The third kappa shape index (κ3) is 2.08. The first-order valence-electron chi connectivity index (χ1n) is 5.63. The Labute approximate surface area is 123 Å². The maximum Gasteiger partial charge on any atom is 0.150 e. The highest BCUT2D eigenvalue weighted by Crippen LogP contribution is 2.43. The Morgan fingerprint density at radius 2 is 2.06 bits per heavy atom. The summed E-state index contributed by atoms with van der Waals surface area (Å²) in [6.45, 7) is 4.13. The summed E-state index contributed by atoms with van der Waals surface area (Å²) in [5.41, 5.74) is 1.97. The lowest BCUT2D eigenvalue weighted by Crippen LogP contribution is -2.12. The summed E-state index contributed by atoms with van der Waals surface area (Å²) in [7, 11) is 3.58. The van der Waals surface area contributed by atoms with E-state index in [1.165, 1.54) is 0 Å². The molecule has 0 fully saturated rings. The van der Waals surface area contributed by atoms with Crippen molar-refractivity contribution in [3.05, 3.63) is 26.3 Å². The fourth-order valence-corrected chi connectivity index (χ4v) is 3.26. The molecular weight excluding hydrogens is 362 g/mol. The maximum absolute atomic E-state index is 5.97. The van der Waals surface area contributed by atoms with E-state index in [1.807, 2.05) is 13.1 Å². The molecule has 0 spiro atoms. The number of methoxy groups -OCH3 is 1. The second-order valence-corrected chi connectivity index (χ2v) is 5.83. The fraction of sp³-hybridized carbons (Fsp3) is 0.385. The molecule has 1 aromatic carbocycles. The highest BCUT2D eigenvalue weighted by Gasteiger charge is 2.21. The summed E-state index contributed by atoms with van der Waals surface area (Å²) in [5, 5.41) is 4.25. The number of hydrogen-bond acceptors (Lipinski definition) is 3. The Bertz CT molecular complexity index is 592. The van der Waals surface area contributed by atoms with Gasteiger partial charge in [0.2, 0.25) is 0 Å². The van der Waals surface area contributed by atoms with Gasteiger partial charge in [-0.05, 0) is 58.8 Å². The minimum atomic E-state index is 0.169. The van der Waals surface area contributed by atoms with Crippen LogP contribution in [0.2, 0.25) is 0 Å². The van der Waals surface area contributed by atoms with Crippen LogP contribution in [0.25, 0.3) is 11.0 Å². The average Bonchev–Trinajstić information content (AvgIpc) is 2.71. The Morgan fingerprint density at radius 1 is 1.39 bits per heavy atom. The van der Waals surface area contributed by atoms with Crippen molar-refractivity contribution < 1.29 is 9.15 Å². The van der Waals surface area contributed by atoms with Gasteiger partial charge in [0.15, 0.2) is 0 Å². The molecule has 1 unspecified atom stereocenters. The first-order chi connectivity index (χ1) is 8.51. The van der Waals surface area contributed by atoms with Crippen molar-refractivity contribution in [3.8, 4) is 5.75 Å². The van der Waals surface area contributed by atoms with Crippen LogP contribution in [-0.4, -0.2) is 14.2 Å². The first kappa shape index (κ1) is 13.9. The Morgan fingerprint density at radius 3 is 2.61 bits per heavy atom. The van der Waals surface area contributed by atoms with Crippen LogP contribution in [0, 0.1) is 6.92 Å². The minimum absolute atomic E-state index is 0.169. The molecule has 1 N–H and O–H groups in total. The van der Waals surface area contributed by atoms with Gasteiger partial charge >= 0.3 is 0 Å². The minimum Gasteiger partial charge on any atom is -0.496 e. The van der Waals surface area contributed by atoms with Gasteiger partial charge in [-0.3, -0.25) is 0 Å². The molecule has 1 aromatic heterocycles. The fourth-order valence-electron chi connectivity index (χ4n) is 2.02. The molecule has 98 valence electrons. The summed E-state index contributed by atoms with van der Waals surface area (Å²) in [4.78, 5) is 0. The van der Waals surface area contributed by atoms with E-state index in [9.17, 15) is 0 Å². The molecule has 5 heteroatoms. The summed E-state index contributed by atoms with van der Waals surface area (Å²) >= 11 is 7.11. The monoisotopic (exact) mass is 375 g/mol. The van der Waals surface area contributed by atoms with Gasteiger partial charge in [0.05, 0.1) is 22.1 Å². The number of hydrogen-bond donors (Lipinski definition) is 1. The van der Waals surface area contributed by atoms with E-state index in [0.29, 0.717) is 0 Å². The summed E-state index contributed by atoms with van der Waals surface area (Å²) < 4.78 is 13.1. The van der Waals surface area contributed by atoms with Crippen LogP contribution in [0.4, 0.5) is 0 Å². The second kappa shape index (κ2) is 5.23. The van der Waals surface area contributed by atoms with Crippen LogP contribution >= 0.6 is 31.9 Å². The molecule has 2 rings (SSSR count). The zero-order valence-electron chi connectivity index (χ0n) is 10.7. The number of furan rings is 1. The maximum atomic E-state index is 5.97. The normalized spacial score (nSPS) is 13.0. The van der Waals surface area contributed by atoms with Gasteiger partial charge in [0.25, 0.3) is 0 Å². The topological polar surface area (TPSA) is 34.4 Å². The van der Waals surface area contributed by atoms with Gasteiger partial charge in [0, 0.05) is 10.9 Å². The van der Waals surface area contributed by atoms with Gasteiger partial charge < -0.3 is 14.5 Å². The van der Waals surface area contributed by atoms with Crippen LogP contribution in [0.1, 0.15) is 24.3 Å². The van der Waals surface area contributed by atoms with E-state index in [-0.39, 0.29) is 6.04 Å². The molecule has 0 amide bonds. The second-order valence-electron chi connectivity index (χ2n) is 4.18. The van der Waals surface area contributed by atoms with Crippen LogP contribution in [0.5, 0.6) is 5.75 Å². The number of halogens is 2. The van der Waals surface area contributed by atoms with Crippen molar-refractivity contribution in [1.29, 1.82) is 0 Å². The van der Waals surface area contributed by atoms with Crippen molar-refractivity contribution in [2.24, 2.45) is 0 Å². The lowest BCUT2D eigenvalue weighted by Gasteiger charge is -2.07. The van der Waals surface area contributed by atoms with E-state index in [0.717, 1.165) is 37.0 Å². The van der Waals surface area contributed by atoms with Crippen molar-refractivity contribution in [3.63, 3.8) is 0 Å². The highest BCUT2D eigenvalue weighted by atomic mass is 79.9. The first-order valence-corrected chi connectivity index (χ1v) is 7.22. The molecule has 0 saturated carbocycles. The predicted molar refractivity (Wildman–Crippen MR) is 80.4 cm³/mol.